The number of carbonyl (C=O) groups is 1. The standard InChI is InChI=1S/C32H42FNO5Si/c1-36-17-6-18-37-30-8-5-7-26-21-24(9-14-28(26)30)23-39-31-22-34(32(35)38-19-20-40(2,3)4)16-15-29(31)25-10-12-27(33)13-11-25/h5,7-14,21,29,31H,6,15-20,22-23H2,1-4H3. The number of benzene rings is 3. The topological polar surface area (TPSA) is 57.2 Å². The van der Waals surface area contributed by atoms with E-state index in [0.29, 0.717) is 39.5 Å². The van der Waals surface area contributed by atoms with Gasteiger partial charge in [-0.25, -0.2) is 9.18 Å². The lowest BCUT2D eigenvalue weighted by Gasteiger charge is -2.38. The van der Waals surface area contributed by atoms with Crippen LogP contribution >= 0.6 is 0 Å². The van der Waals surface area contributed by atoms with Crippen LogP contribution in [0, 0.1) is 5.82 Å². The van der Waals surface area contributed by atoms with E-state index in [1.54, 1.807) is 12.0 Å². The van der Waals surface area contributed by atoms with Crippen molar-refractivity contribution in [1.82, 2.24) is 4.90 Å². The molecule has 0 aromatic heterocycles. The summed E-state index contributed by atoms with van der Waals surface area (Å²) in [5.74, 6) is 0.648. The maximum atomic E-state index is 13.6. The van der Waals surface area contributed by atoms with Gasteiger partial charge in [0.15, 0.2) is 0 Å². The van der Waals surface area contributed by atoms with Gasteiger partial charge < -0.3 is 23.8 Å². The molecule has 216 valence electrons. The number of fused-ring (bicyclic) bond motifs is 1. The van der Waals surface area contributed by atoms with E-state index in [9.17, 15) is 9.18 Å². The van der Waals surface area contributed by atoms with Crippen LogP contribution in [0.4, 0.5) is 9.18 Å². The number of hydrogen-bond acceptors (Lipinski definition) is 5. The summed E-state index contributed by atoms with van der Waals surface area (Å²) in [5.41, 5.74) is 2.06. The molecule has 3 aromatic carbocycles. The molecule has 1 aliphatic heterocycles. The number of carbonyl (C=O) groups excluding carboxylic acids is 1. The van der Waals surface area contributed by atoms with E-state index >= 15 is 0 Å². The zero-order valence-corrected chi connectivity index (χ0v) is 25.2. The highest BCUT2D eigenvalue weighted by Gasteiger charge is 2.34. The number of piperidine rings is 1. The van der Waals surface area contributed by atoms with Crippen LogP contribution in [-0.2, 0) is 20.8 Å². The summed E-state index contributed by atoms with van der Waals surface area (Å²) >= 11 is 0. The highest BCUT2D eigenvalue weighted by molar-refractivity contribution is 6.76. The van der Waals surface area contributed by atoms with Crippen LogP contribution in [0.15, 0.2) is 60.7 Å². The lowest BCUT2D eigenvalue weighted by atomic mass is 9.87. The van der Waals surface area contributed by atoms with Crippen molar-refractivity contribution in [1.29, 1.82) is 0 Å². The quantitative estimate of drug-likeness (QED) is 0.171. The van der Waals surface area contributed by atoms with E-state index in [4.69, 9.17) is 18.9 Å². The summed E-state index contributed by atoms with van der Waals surface area (Å²) < 4.78 is 36.9. The van der Waals surface area contributed by atoms with E-state index in [1.807, 2.05) is 24.3 Å². The van der Waals surface area contributed by atoms with Crippen LogP contribution in [0.3, 0.4) is 0 Å². The van der Waals surface area contributed by atoms with Gasteiger partial charge in [-0.1, -0.05) is 56.0 Å². The molecule has 1 amide bonds. The summed E-state index contributed by atoms with van der Waals surface area (Å²) in [5, 5.41) is 2.13. The molecule has 4 rings (SSSR count). The fourth-order valence-corrected chi connectivity index (χ4v) is 5.70. The second-order valence-electron chi connectivity index (χ2n) is 11.7. The first-order valence-corrected chi connectivity index (χ1v) is 17.9. The summed E-state index contributed by atoms with van der Waals surface area (Å²) in [6.45, 7) is 9.93. The molecule has 0 saturated carbocycles. The molecular formula is C32H42FNO5Si. The third kappa shape index (κ3) is 8.53. The smallest absolute Gasteiger partial charge is 0.409 e. The zero-order valence-electron chi connectivity index (χ0n) is 24.2. The monoisotopic (exact) mass is 567 g/mol. The molecule has 0 aliphatic carbocycles. The third-order valence-corrected chi connectivity index (χ3v) is 9.02. The van der Waals surface area contributed by atoms with E-state index in [0.717, 1.165) is 46.5 Å². The molecule has 0 radical (unpaired) electrons. The molecule has 2 unspecified atom stereocenters. The van der Waals surface area contributed by atoms with Crippen molar-refractivity contribution in [3.63, 3.8) is 0 Å². The average molecular weight is 568 g/mol. The van der Waals surface area contributed by atoms with Crippen molar-refractivity contribution in [3.05, 3.63) is 77.6 Å². The summed E-state index contributed by atoms with van der Waals surface area (Å²) in [6, 6.07) is 19.9. The molecule has 6 nitrogen and oxygen atoms in total. The largest absolute Gasteiger partial charge is 0.493 e. The Labute approximate surface area is 238 Å². The molecule has 8 heteroatoms. The number of methoxy groups -OCH3 is 1. The fourth-order valence-electron chi connectivity index (χ4n) is 4.99. The maximum absolute atomic E-state index is 13.6. The van der Waals surface area contributed by atoms with Crippen LogP contribution < -0.4 is 4.74 Å². The van der Waals surface area contributed by atoms with Gasteiger partial charge in [0.05, 0.1) is 32.5 Å². The molecule has 0 N–H and O–H groups in total. The Hall–Kier alpha value is -2.94. The van der Waals surface area contributed by atoms with Crippen molar-refractivity contribution < 1.29 is 28.1 Å². The van der Waals surface area contributed by atoms with Crippen molar-refractivity contribution in [2.24, 2.45) is 0 Å². The van der Waals surface area contributed by atoms with E-state index in [1.165, 1.54) is 12.1 Å². The van der Waals surface area contributed by atoms with Gasteiger partial charge in [0, 0.05) is 46.1 Å². The van der Waals surface area contributed by atoms with Gasteiger partial charge in [0.1, 0.15) is 11.6 Å². The Kier molecular flexibility index (Phi) is 10.6. The van der Waals surface area contributed by atoms with Gasteiger partial charge in [0.2, 0.25) is 0 Å². The van der Waals surface area contributed by atoms with Crippen molar-refractivity contribution in [3.8, 4) is 5.75 Å². The van der Waals surface area contributed by atoms with Crippen LogP contribution in [0.25, 0.3) is 10.8 Å². The van der Waals surface area contributed by atoms with Crippen molar-refractivity contribution in [2.45, 2.75) is 57.2 Å². The first-order valence-electron chi connectivity index (χ1n) is 14.2. The molecular weight excluding hydrogens is 525 g/mol. The number of halogens is 1. The molecule has 40 heavy (non-hydrogen) atoms. The number of ether oxygens (including phenoxy) is 4. The lowest BCUT2D eigenvalue weighted by molar-refractivity contribution is -0.0233. The van der Waals surface area contributed by atoms with Crippen molar-refractivity contribution in [2.75, 3.05) is 40.0 Å². The fraction of sp³-hybridized carbons (Fsp3) is 0.469. The number of hydrogen-bond donors (Lipinski definition) is 0. The first-order chi connectivity index (χ1) is 19.2. The van der Waals surface area contributed by atoms with Crippen molar-refractivity contribution >= 4 is 24.9 Å². The van der Waals surface area contributed by atoms with Crippen LogP contribution in [0.5, 0.6) is 5.75 Å². The molecule has 1 fully saturated rings. The second-order valence-corrected chi connectivity index (χ2v) is 17.3. The predicted molar refractivity (Wildman–Crippen MR) is 159 cm³/mol. The summed E-state index contributed by atoms with van der Waals surface area (Å²) in [4.78, 5) is 14.6. The number of likely N-dealkylation sites (tertiary alicyclic amines) is 1. The Balaban J connectivity index is 1.44. The minimum absolute atomic E-state index is 0.0548. The average Bonchev–Trinajstić information content (AvgIpc) is 2.93. The minimum atomic E-state index is -1.29. The van der Waals surface area contributed by atoms with Crippen LogP contribution in [0.1, 0.15) is 29.9 Å². The van der Waals surface area contributed by atoms with E-state index < -0.39 is 8.07 Å². The van der Waals surface area contributed by atoms with Gasteiger partial charge in [-0.05, 0) is 53.2 Å². The van der Waals surface area contributed by atoms with Crippen LogP contribution in [-0.4, -0.2) is 65.2 Å². The Morgan fingerprint density at radius 3 is 2.58 bits per heavy atom. The Bertz CT molecular complexity index is 1250. The van der Waals surface area contributed by atoms with Gasteiger partial charge in [0.25, 0.3) is 0 Å². The van der Waals surface area contributed by atoms with Gasteiger partial charge in [-0.15, -0.1) is 0 Å². The number of rotatable bonds is 12. The highest BCUT2D eigenvalue weighted by Crippen LogP contribution is 2.32. The summed E-state index contributed by atoms with van der Waals surface area (Å²) in [7, 11) is 0.395. The molecule has 2 atom stereocenters. The molecule has 0 spiro atoms. The molecule has 1 saturated heterocycles. The summed E-state index contributed by atoms with van der Waals surface area (Å²) in [6.07, 6.45) is 1.03. The molecule has 1 heterocycles. The molecule has 3 aromatic rings. The Morgan fingerprint density at radius 1 is 1.02 bits per heavy atom. The van der Waals surface area contributed by atoms with Gasteiger partial charge in [-0.2, -0.15) is 0 Å². The minimum Gasteiger partial charge on any atom is -0.493 e. The first kappa shape index (κ1) is 30.0. The van der Waals surface area contributed by atoms with E-state index in [-0.39, 0.29) is 23.9 Å². The van der Waals surface area contributed by atoms with Crippen LogP contribution in [0.2, 0.25) is 25.7 Å². The van der Waals surface area contributed by atoms with Gasteiger partial charge in [-0.3, -0.25) is 0 Å². The molecule has 0 bridgehead atoms. The number of amides is 1. The Morgan fingerprint density at radius 2 is 1.82 bits per heavy atom. The maximum Gasteiger partial charge on any atom is 0.409 e. The molecule has 1 aliphatic rings. The highest BCUT2D eigenvalue weighted by atomic mass is 28.3. The lowest BCUT2D eigenvalue weighted by Crippen LogP contribution is -2.47. The number of nitrogens with zero attached hydrogens (tertiary/aromatic N) is 1. The normalized spacial score (nSPS) is 17.7. The van der Waals surface area contributed by atoms with E-state index in [2.05, 4.69) is 43.9 Å². The predicted octanol–water partition coefficient (Wildman–Crippen LogP) is 7.24. The zero-order chi connectivity index (χ0) is 28.5. The SMILES string of the molecule is COCCCOc1cccc2cc(COC3CN(C(=O)OCC[Si](C)(C)C)CCC3c3ccc(F)cc3)ccc12. The van der Waals surface area contributed by atoms with Gasteiger partial charge >= 0.3 is 6.09 Å². The second kappa shape index (κ2) is 14.1. The third-order valence-electron chi connectivity index (χ3n) is 7.31.